The van der Waals surface area contributed by atoms with Crippen molar-refractivity contribution >= 4 is 23.2 Å². The van der Waals surface area contributed by atoms with Crippen LogP contribution >= 0.6 is 11.6 Å². The van der Waals surface area contributed by atoms with Crippen LogP contribution in [-0.4, -0.2) is 5.91 Å². The highest BCUT2D eigenvalue weighted by atomic mass is 35.5. The third-order valence-electron chi connectivity index (χ3n) is 2.67. The van der Waals surface area contributed by atoms with E-state index in [2.05, 4.69) is 10.7 Å². The van der Waals surface area contributed by atoms with Crippen LogP contribution in [0.2, 0.25) is 5.02 Å². The number of hydrogen-bond acceptors (Lipinski definition) is 3. The minimum Gasteiger partial charge on any atom is -0.348 e. The number of amides is 1. The third-order valence-corrected chi connectivity index (χ3v) is 2.90. The molecular weight excluding hydrogens is 262 g/mol. The monoisotopic (exact) mass is 275 g/mol. The minimum absolute atomic E-state index is 0.187. The average molecular weight is 276 g/mol. The van der Waals surface area contributed by atoms with Gasteiger partial charge in [-0.15, -0.1) is 0 Å². The normalized spacial score (nSPS) is 10.0. The molecule has 0 radical (unpaired) electrons. The lowest BCUT2D eigenvalue weighted by molar-refractivity contribution is 0.0951. The van der Waals surface area contributed by atoms with Gasteiger partial charge in [-0.25, -0.2) is 0 Å². The van der Waals surface area contributed by atoms with Crippen LogP contribution in [0.3, 0.4) is 0 Å². The van der Waals surface area contributed by atoms with Crippen molar-refractivity contribution in [2.24, 2.45) is 5.84 Å². The van der Waals surface area contributed by atoms with Crippen LogP contribution in [0.4, 0.5) is 5.69 Å². The van der Waals surface area contributed by atoms with Crippen molar-refractivity contribution in [2.75, 3.05) is 5.43 Å². The molecule has 19 heavy (non-hydrogen) atoms. The zero-order valence-electron chi connectivity index (χ0n) is 10.2. The van der Waals surface area contributed by atoms with Crippen LogP contribution in [-0.2, 0) is 6.54 Å². The first kappa shape index (κ1) is 13.4. The fourth-order valence-corrected chi connectivity index (χ4v) is 1.94. The number of halogens is 1. The summed E-state index contributed by atoms with van der Waals surface area (Å²) in [6.07, 6.45) is 0. The molecule has 0 bridgehead atoms. The summed E-state index contributed by atoms with van der Waals surface area (Å²) >= 11 is 5.89. The van der Waals surface area contributed by atoms with E-state index < -0.39 is 0 Å². The molecule has 0 fully saturated rings. The summed E-state index contributed by atoms with van der Waals surface area (Å²) in [4.78, 5) is 12.0. The maximum atomic E-state index is 12.0. The minimum atomic E-state index is -0.187. The Balaban J connectivity index is 2.05. The van der Waals surface area contributed by atoms with Gasteiger partial charge in [0.15, 0.2) is 0 Å². The number of nitrogens with two attached hydrogens (primary N) is 1. The van der Waals surface area contributed by atoms with Crippen molar-refractivity contribution in [2.45, 2.75) is 6.54 Å². The molecule has 0 heterocycles. The number of nitrogen functional groups attached to an aromatic ring is 1. The average Bonchev–Trinajstić information content (AvgIpc) is 2.45. The molecule has 2 aromatic carbocycles. The van der Waals surface area contributed by atoms with Gasteiger partial charge in [0.1, 0.15) is 0 Å². The number of hydrazine groups is 1. The molecule has 0 saturated carbocycles. The summed E-state index contributed by atoms with van der Waals surface area (Å²) in [7, 11) is 0. The van der Waals surface area contributed by atoms with Gasteiger partial charge in [0.05, 0.1) is 11.3 Å². The van der Waals surface area contributed by atoms with Crippen LogP contribution in [0.5, 0.6) is 0 Å². The lowest BCUT2D eigenvalue weighted by Crippen LogP contribution is -2.24. The maximum Gasteiger partial charge on any atom is 0.253 e. The van der Waals surface area contributed by atoms with E-state index in [4.69, 9.17) is 17.4 Å². The van der Waals surface area contributed by atoms with E-state index in [1.165, 1.54) is 0 Å². The van der Waals surface area contributed by atoms with Gasteiger partial charge < -0.3 is 10.7 Å². The number of hydrogen-bond donors (Lipinski definition) is 3. The first-order valence-corrected chi connectivity index (χ1v) is 6.17. The predicted molar refractivity (Wildman–Crippen MR) is 76.9 cm³/mol. The number of nitrogens with one attached hydrogen (secondary N) is 2. The zero-order chi connectivity index (χ0) is 13.7. The van der Waals surface area contributed by atoms with Crippen LogP contribution in [0.25, 0.3) is 0 Å². The van der Waals surface area contributed by atoms with Gasteiger partial charge in [0.25, 0.3) is 5.91 Å². The molecule has 0 unspecified atom stereocenters. The Morgan fingerprint density at radius 3 is 2.68 bits per heavy atom. The lowest BCUT2D eigenvalue weighted by atomic mass is 10.1. The van der Waals surface area contributed by atoms with E-state index in [1.807, 2.05) is 24.3 Å². The maximum absolute atomic E-state index is 12.0. The van der Waals surface area contributed by atoms with E-state index in [0.717, 1.165) is 5.56 Å². The van der Waals surface area contributed by atoms with Gasteiger partial charge in [0.2, 0.25) is 0 Å². The Morgan fingerprint density at radius 1 is 1.16 bits per heavy atom. The van der Waals surface area contributed by atoms with Gasteiger partial charge >= 0.3 is 0 Å². The molecule has 0 aliphatic rings. The topological polar surface area (TPSA) is 67.1 Å². The molecule has 1 amide bonds. The number of anilines is 1. The van der Waals surface area contributed by atoms with Crippen LogP contribution in [0.15, 0.2) is 48.5 Å². The number of carbonyl (C=O) groups is 1. The molecule has 5 heteroatoms. The first-order chi connectivity index (χ1) is 9.20. The van der Waals surface area contributed by atoms with Gasteiger partial charge in [-0.2, -0.15) is 0 Å². The largest absolute Gasteiger partial charge is 0.348 e. The van der Waals surface area contributed by atoms with Crippen molar-refractivity contribution in [1.29, 1.82) is 0 Å². The SMILES string of the molecule is NNc1ccccc1C(=O)NCc1cccc(Cl)c1. The second-order valence-electron chi connectivity index (χ2n) is 4.00. The summed E-state index contributed by atoms with van der Waals surface area (Å²) in [5.74, 6) is 5.18. The number of para-hydroxylation sites is 1. The highest BCUT2D eigenvalue weighted by Crippen LogP contribution is 2.14. The van der Waals surface area contributed by atoms with Crippen LogP contribution in [0.1, 0.15) is 15.9 Å². The standard InChI is InChI=1S/C14H14ClN3O/c15-11-5-3-4-10(8-11)9-17-14(19)12-6-1-2-7-13(12)18-16/h1-8,18H,9,16H2,(H,17,19). The molecule has 2 aromatic rings. The summed E-state index contributed by atoms with van der Waals surface area (Å²) in [5, 5.41) is 3.47. The molecule has 0 aliphatic heterocycles. The van der Waals surface area contributed by atoms with E-state index >= 15 is 0 Å². The highest BCUT2D eigenvalue weighted by Gasteiger charge is 2.09. The quantitative estimate of drug-likeness (QED) is 0.593. The van der Waals surface area contributed by atoms with Crippen molar-refractivity contribution in [1.82, 2.24) is 5.32 Å². The van der Waals surface area contributed by atoms with Crippen LogP contribution in [0, 0.1) is 0 Å². The summed E-state index contributed by atoms with van der Waals surface area (Å²) in [5.41, 5.74) is 4.54. The Bertz CT molecular complexity index is 586. The van der Waals surface area contributed by atoms with E-state index in [9.17, 15) is 4.79 Å². The smallest absolute Gasteiger partial charge is 0.253 e. The molecule has 0 atom stereocenters. The Morgan fingerprint density at radius 2 is 1.95 bits per heavy atom. The molecule has 4 nitrogen and oxygen atoms in total. The second kappa shape index (κ2) is 6.22. The number of benzene rings is 2. The molecular formula is C14H14ClN3O. The Labute approximate surface area is 116 Å². The van der Waals surface area contributed by atoms with Crippen molar-refractivity contribution < 1.29 is 4.79 Å². The van der Waals surface area contributed by atoms with Crippen molar-refractivity contribution in [3.8, 4) is 0 Å². The molecule has 4 N–H and O–H groups in total. The van der Waals surface area contributed by atoms with Crippen molar-refractivity contribution in [3.63, 3.8) is 0 Å². The highest BCUT2D eigenvalue weighted by molar-refractivity contribution is 6.30. The second-order valence-corrected chi connectivity index (χ2v) is 4.44. The van der Waals surface area contributed by atoms with Gasteiger partial charge in [-0.3, -0.25) is 10.6 Å². The Hall–Kier alpha value is -2.04. The summed E-state index contributed by atoms with van der Waals surface area (Å²) in [6, 6.07) is 14.4. The number of carbonyl (C=O) groups excluding carboxylic acids is 1. The van der Waals surface area contributed by atoms with E-state index in [0.29, 0.717) is 22.8 Å². The predicted octanol–water partition coefficient (Wildman–Crippen LogP) is 2.56. The molecule has 0 saturated heterocycles. The van der Waals surface area contributed by atoms with Gasteiger partial charge in [-0.05, 0) is 29.8 Å². The molecule has 0 aromatic heterocycles. The molecule has 98 valence electrons. The zero-order valence-corrected chi connectivity index (χ0v) is 10.9. The first-order valence-electron chi connectivity index (χ1n) is 5.79. The van der Waals surface area contributed by atoms with Gasteiger partial charge in [-0.1, -0.05) is 35.9 Å². The summed E-state index contributed by atoms with van der Waals surface area (Å²) in [6.45, 7) is 0.415. The van der Waals surface area contributed by atoms with E-state index in [-0.39, 0.29) is 5.91 Å². The van der Waals surface area contributed by atoms with Gasteiger partial charge in [0, 0.05) is 11.6 Å². The van der Waals surface area contributed by atoms with Crippen LogP contribution < -0.4 is 16.6 Å². The van der Waals surface area contributed by atoms with Crippen molar-refractivity contribution in [3.05, 3.63) is 64.7 Å². The molecule has 0 aliphatic carbocycles. The molecule has 2 rings (SSSR count). The molecule has 0 spiro atoms. The number of rotatable bonds is 4. The third kappa shape index (κ3) is 3.47. The Kier molecular flexibility index (Phi) is 4.39. The lowest BCUT2D eigenvalue weighted by Gasteiger charge is -2.09. The summed E-state index contributed by atoms with van der Waals surface area (Å²) < 4.78 is 0. The fourth-order valence-electron chi connectivity index (χ4n) is 1.73. The van der Waals surface area contributed by atoms with E-state index in [1.54, 1.807) is 24.3 Å². The fraction of sp³-hybridized carbons (Fsp3) is 0.0714.